The second kappa shape index (κ2) is 8.95. The molecule has 1 aromatic rings. The van der Waals surface area contributed by atoms with Crippen LogP contribution in [0.25, 0.3) is 0 Å². The molecule has 1 rings (SSSR count). The fourth-order valence-corrected chi connectivity index (χ4v) is 2.25. The van der Waals surface area contributed by atoms with Crippen molar-refractivity contribution >= 4 is 0 Å². The Morgan fingerprint density at radius 3 is 2.35 bits per heavy atom. The van der Waals surface area contributed by atoms with Gasteiger partial charge in [-0.25, -0.2) is 0 Å². The lowest BCUT2D eigenvalue weighted by Crippen LogP contribution is -2.38. The Morgan fingerprint density at radius 2 is 1.85 bits per heavy atom. The van der Waals surface area contributed by atoms with E-state index in [4.69, 9.17) is 9.47 Å². The number of hydrogen-bond acceptors (Lipinski definition) is 4. The third-order valence-electron chi connectivity index (χ3n) is 3.42. The summed E-state index contributed by atoms with van der Waals surface area (Å²) in [6.45, 7) is 8.98. The van der Waals surface area contributed by atoms with Crippen molar-refractivity contribution < 1.29 is 14.6 Å². The summed E-state index contributed by atoms with van der Waals surface area (Å²) in [7, 11) is 1.70. The first-order valence-electron chi connectivity index (χ1n) is 7.26. The van der Waals surface area contributed by atoms with Crippen molar-refractivity contribution in [3.05, 3.63) is 29.8 Å². The van der Waals surface area contributed by atoms with E-state index in [1.807, 2.05) is 31.2 Å². The maximum atomic E-state index is 10.3. The molecule has 4 nitrogen and oxygen atoms in total. The van der Waals surface area contributed by atoms with Crippen LogP contribution >= 0.6 is 0 Å². The van der Waals surface area contributed by atoms with Crippen molar-refractivity contribution in [1.82, 2.24) is 4.90 Å². The summed E-state index contributed by atoms with van der Waals surface area (Å²) in [5.41, 5.74) is 0.913. The number of rotatable bonds is 9. The number of nitrogens with zero attached hydrogens (tertiary/aromatic N) is 1. The predicted molar refractivity (Wildman–Crippen MR) is 81.2 cm³/mol. The summed E-state index contributed by atoms with van der Waals surface area (Å²) < 4.78 is 10.6. The molecule has 0 saturated carbocycles. The van der Waals surface area contributed by atoms with Crippen LogP contribution in [0, 0.1) is 0 Å². The average Bonchev–Trinajstić information content (AvgIpc) is 2.45. The highest BCUT2D eigenvalue weighted by atomic mass is 16.5. The van der Waals surface area contributed by atoms with Gasteiger partial charge in [-0.3, -0.25) is 4.90 Å². The molecular weight excluding hydrogens is 254 g/mol. The van der Waals surface area contributed by atoms with Gasteiger partial charge in [0.1, 0.15) is 5.75 Å². The van der Waals surface area contributed by atoms with Gasteiger partial charge in [0.05, 0.1) is 19.3 Å². The molecule has 0 fully saturated rings. The Morgan fingerprint density at radius 1 is 1.20 bits per heavy atom. The Balaban J connectivity index is 2.61. The minimum atomic E-state index is -0.495. The summed E-state index contributed by atoms with van der Waals surface area (Å²) in [6, 6.07) is 7.94. The minimum Gasteiger partial charge on any atom is -0.494 e. The first-order valence-corrected chi connectivity index (χ1v) is 7.26. The Labute approximate surface area is 122 Å². The van der Waals surface area contributed by atoms with E-state index >= 15 is 0 Å². The normalized spacial score (nSPS) is 14.3. The van der Waals surface area contributed by atoms with Gasteiger partial charge in [-0.2, -0.15) is 0 Å². The summed E-state index contributed by atoms with van der Waals surface area (Å²) in [5, 5.41) is 10.3. The van der Waals surface area contributed by atoms with E-state index in [0.29, 0.717) is 25.8 Å². The number of aliphatic hydroxyl groups is 1. The SMILES string of the molecule is CCOc1ccc(C(O)CN(CC)C(C)COC)cc1. The van der Waals surface area contributed by atoms with Crippen LogP contribution in [0.15, 0.2) is 24.3 Å². The fourth-order valence-electron chi connectivity index (χ4n) is 2.25. The van der Waals surface area contributed by atoms with E-state index in [1.165, 1.54) is 0 Å². The number of hydrogen-bond donors (Lipinski definition) is 1. The highest BCUT2D eigenvalue weighted by Crippen LogP contribution is 2.19. The topological polar surface area (TPSA) is 41.9 Å². The number of ether oxygens (including phenoxy) is 2. The van der Waals surface area contributed by atoms with E-state index in [2.05, 4.69) is 18.7 Å². The van der Waals surface area contributed by atoms with Crippen LogP contribution in [0.2, 0.25) is 0 Å². The van der Waals surface area contributed by atoms with Crippen LogP contribution in [0.4, 0.5) is 0 Å². The summed E-state index contributed by atoms with van der Waals surface area (Å²) in [5.74, 6) is 0.837. The van der Waals surface area contributed by atoms with Crippen molar-refractivity contribution in [3.8, 4) is 5.75 Å². The summed E-state index contributed by atoms with van der Waals surface area (Å²) in [6.07, 6.45) is -0.495. The monoisotopic (exact) mass is 281 g/mol. The molecule has 0 saturated heterocycles. The number of likely N-dealkylation sites (N-methyl/N-ethyl adjacent to an activating group) is 1. The highest BCUT2D eigenvalue weighted by Gasteiger charge is 2.17. The van der Waals surface area contributed by atoms with Crippen LogP contribution in [0.3, 0.4) is 0 Å². The predicted octanol–water partition coefficient (Wildman–Crippen LogP) is 2.48. The van der Waals surface area contributed by atoms with Gasteiger partial charge in [0, 0.05) is 19.7 Å². The molecule has 0 aromatic heterocycles. The molecule has 0 aliphatic heterocycles. The number of benzene rings is 1. The molecule has 2 unspecified atom stereocenters. The van der Waals surface area contributed by atoms with Crippen molar-refractivity contribution in [2.45, 2.75) is 32.9 Å². The molecule has 0 amide bonds. The largest absolute Gasteiger partial charge is 0.494 e. The van der Waals surface area contributed by atoms with Gasteiger partial charge in [0.15, 0.2) is 0 Å². The van der Waals surface area contributed by atoms with Gasteiger partial charge in [0.2, 0.25) is 0 Å². The molecule has 0 heterocycles. The molecule has 0 aliphatic rings. The molecule has 1 aromatic carbocycles. The van der Waals surface area contributed by atoms with Crippen LogP contribution in [-0.2, 0) is 4.74 Å². The first-order chi connectivity index (χ1) is 9.62. The second-order valence-corrected chi connectivity index (χ2v) is 4.91. The van der Waals surface area contributed by atoms with Crippen molar-refractivity contribution in [1.29, 1.82) is 0 Å². The van der Waals surface area contributed by atoms with E-state index < -0.39 is 6.10 Å². The molecular formula is C16H27NO3. The average molecular weight is 281 g/mol. The van der Waals surface area contributed by atoms with E-state index in [9.17, 15) is 5.11 Å². The zero-order valence-electron chi connectivity index (χ0n) is 13.0. The van der Waals surface area contributed by atoms with Gasteiger partial charge >= 0.3 is 0 Å². The Bertz CT molecular complexity index is 366. The van der Waals surface area contributed by atoms with Gasteiger partial charge in [-0.1, -0.05) is 19.1 Å². The molecule has 0 bridgehead atoms. The van der Waals surface area contributed by atoms with Crippen molar-refractivity contribution in [2.24, 2.45) is 0 Å². The van der Waals surface area contributed by atoms with Gasteiger partial charge in [-0.05, 0) is 38.1 Å². The summed E-state index contributed by atoms with van der Waals surface area (Å²) >= 11 is 0. The van der Waals surface area contributed by atoms with E-state index in [0.717, 1.165) is 17.9 Å². The molecule has 0 aliphatic carbocycles. The van der Waals surface area contributed by atoms with Gasteiger partial charge < -0.3 is 14.6 Å². The lowest BCUT2D eigenvalue weighted by Gasteiger charge is -2.29. The lowest BCUT2D eigenvalue weighted by atomic mass is 10.1. The maximum Gasteiger partial charge on any atom is 0.119 e. The third-order valence-corrected chi connectivity index (χ3v) is 3.42. The minimum absolute atomic E-state index is 0.294. The Kier molecular flexibility index (Phi) is 7.59. The van der Waals surface area contributed by atoms with Crippen LogP contribution in [-0.4, -0.2) is 49.5 Å². The van der Waals surface area contributed by atoms with Gasteiger partial charge in [0.25, 0.3) is 0 Å². The second-order valence-electron chi connectivity index (χ2n) is 4.91. The van der Waals surface area contributed by atoms with Crippen molar-refractivity contribution in [2.75, 3.05) is 33.4 Å². The van der Waals surface area contributed by atoms with E-state index in [-0.39, 0.29) is 0 Å². The first kappa shape index (κ1) is 17.0. The third kappa shape index (κ3) is 5.12. The lowest BCUT2D eigenvalue weighted by molar-refractivity contribution is 0.0581. The zero-order valence-corrected chi connectivity index (χ0v) is 13.0. The van der Waals surface area contributed by atoms with Gasteiger partial charge in [-0.15, -0.1) is 0 Å². The van der Waals surface area contributed by atoms with Crippen LogP contribution in [0.1, 0.15) is 32.4 Å². The van der Waals surface area contributed by atoms with E-state index in [1.54, 1.807) is 7.11 Å². The highest BCUT2D eigenvalue weighted by molar-refractivity contribution is 5.28. The molecule has 4 heteroatoms. The smallest absolute Gasteiger partial charge is 0.119 e. The molecule has 114 valence electrons. The quantitative estimate of drug-likeness (QED) is 0.755. The van der Waals surface area contributed by atoms with Crippen LogP contribution < -0.4 is 4.74 Å². The molecule has 2 atom stereocenters. The molecule has 20 heavy (non-hydrogen) atoms. The molecule has 0 radical (unpaired) electrons. The maximum absolute atomic E-state index is 10.3. The summed E-state index contributed by atoms with van der Waals surface area (Å²) in [4.78, 5) is 2.21. The fraction of sp³-hybridized carbons (Fsp3) is 0.625. The zero-order chi connectivity index (χ0) is 15.0. The standard InChI is InChI=1S/C16H27NO3/c1-5-17(13(3)12-19-4)11-16(18)14-7-9-15(10-8-14)20-6-2/h7-10,13,16,18H,5-6,11-12H2,1-4H3. The Hall–Kier alpha value is -1.10. The van der Waals surface area contributed by atoms with Crippen LogP contribution in [0.5, 0.6) is 5.75 Å². The number of aliphatic hydroxyl groups excluding tert-OH is 1. The number of methoxy groups -OCH3 is 1. The molecule has 1 N–H and O–H groups in total. The van der Waals surface area contributed by atoms with Crippen molar-refractivity contribution in [3.63, 3.8) is 0 Å². The molecule has 0 spiro atoms.